The summed E-state index contributed by atoms with van der Waals surface area (Å²) in [6.07, 6.45) is 0. The first-order valence-electron chi connectivity index (χ1n) is 7.88. The number of nitrogens with zero attached hydrogens (tertiary/aromatic N) is 2. The molecule has 0 radical (unpaired) electrons. The maximum absolute atomic E-state index is 14.1. The van der Waals surface area contributed by atoms with Crippen molar-refractivity contribution in [2.75, 3.05) is 20.3 Å². The van der Waals surface area contributed by atoms with Crippen molar-refractivity contribution in [3.63, 3.8) is 0 Å². The fourth-order valence-corrected chi connectivity index (χ4v) is 2.47. The number of ether oxygens (including phenoxy) is 1. The molecule has 1 N–H and O–H groups in total. The zero-order chi connectivity index (χ0) is 17.6. The first-order chi connectivity index (χ1) is 12.2. The van der Waals surface area contributed by atoms with Crippen molar-refractivity contribution in [2.45, 2.75) is 0 Å². The number of benzene rings is 2. The average Bonchev–Trinajstić information content (AvgIpc) is 3.08. The van der Waals surface area contributed by atoms with Crippen molar-refractivity contribution < 1.29 is 13.9 Å². The minimum atomic E-state index is -0.383. The topological polar surface area (TPSA) is 56.1 Å². The summed E-state index contributed by atoms with van der Waals surface area (Å²) in [5, 5.41) is 7.22. The number of nitrogens with one attached hydrogen (secondary N) is 1. The molecule has 0 bridgehead atoms. The predicted molar refractivity (Wildman–Crippen MR) is 93.2 cm³/mol. The van der Waals surface area contributed by atoms with E-state index in [9.17, 15) is 9.18 Å². The Morgan fingerprint density at radius 3 is 2.60 bits per heavy atom. The normalized spacial score (nSPS) is 10.6. The summed E-state index contributed by atoms with van der Waals surface area (Å²) in [5.74, 6) is -0.678. The first-order valence-corrected chi connectivity index (χ1v) is 7.88. The van der Waals surface area contributed by atoms with E-state index in [1.165, 1.54) is 10.7 Å². The van der Waals surface area contributed by atoms with E-state index in [1.54, 1.807) is 31.4 Å². The summed E-state index contributed by atoms with van der Waals surface area (Å²) in [6, 6.07) is 17.2. The Hall–Kier alpha value is -2.99. The summed E-state index contributed by atoms with van der Waals surface area (Å²) in [4.78, 5) is 12.5. The lowest BCUT2D eigenvalue weighted by Gasteiger charge is -2.07. The molecule has 0 aliphatic rings. The Morgan fingerprint density at radius 2 is 1.88 bits per heavy atom. The summed E-state index contributed by atoms with van der Waals surface area (Å²) in [7, 11) is 1.57. The van der Waals surface area contributed by atoms with Gasteiger partial charge in [0.15, 0.2) is 0 Å². The summed E-state index contributed by atoms with van der Waals surface area (Å²) in [6.45, 7) is 0.787. The van der Waals surface area contributed by atoms with Gasteiger partial charge in [-0.1, -0.05) is 30.3 Å². The summed E-state index contributed by atoms with van der Waals surface area (Å²) >= 11 is 0. The van der Waals surface area contributed by atoms with Crippen LogP contribution < -0.4 is 5.32 Å². The third kappa shape index (κ3) is 3.75. The lowest BCUT2D eigenvalue weighted by atomic mass is 10.1. The van der Waals surface area contributed by atoms with Gasteiger partial charge in [0.1, 0.15) is 11.5 Å². The Labute approximate surface area is 145 Å². The van der Waals surface area contributed by atoms with Crippen LogP contribution in [-0.2, 0) is 4.74 Å². The molecule has 1 aromatic heterocycles. The van der Waals surface area contributed by atoms with Crippen LogP contribution in [0.25, 0.3) is 16.9 Å². The zero-order valence-electron chi connectivity index (χ0n) is 13.8. The SMILES string of the molecule is COCCNC(=O)c1cc(-c2ccccc2F)nn1-c1ccccc1. The highest BCUT2D eigenvalue weighted by atomic mass is 19.1. The van der Waals surface area contributed by atoms with E-state index >= 15 is 0 Å². The molecule has 0 aliphatic carbocycles. The Kier molecular flexibility index (Phi) is 5.20. The number of carbonyl (C=O) groups excluding carboxylic acids is 1. The van der Waals surface area contributed by atoms with Crippen LogP contribution in [0.4, 0.5) is 4.39 Å². The van der Waals surface area contributed by atoms with E-state index < -0.39 is 0 Å². The highest BCUT2D eigenvalue weighted by molar-refractivity contribution is 5.94. The molecule has 3 rings (SSSR count). The largest absolute Gasteiger partial charge is 0.383 e. The minimum absolute atomic E-state index is 0.295. The number of amides is 1. The molecule has 1 heterocycles. The van der Waals surface area contributed by atoms with Crippen LogP contribution in [0, 0.1) is 5.82 Å². The second-order valence-corrected chi connectivity index (χ2v) is 5.39. The van der Waals surface area contributed by atoms with Crippen LogP contribution in [0.5, 0.6) is 0 Å². The molecule has 2 aromatic carbocycles. The third-order valence-electron chi connectivity index (χ3n) is 3.68. The van der Waals surface area contributed by atoms with E-state index in [4.69, 9.17) is 4.74 Å². The van der Waals surface area contributed by atoms with E-state index in [-0.39, 0.29) is 11.7 Å². The molecular weight excluding hydrogens is 321 g/mol. The van der Waals surface area contributed by atoms with Crippen molar-refractivity contribution >= 4 is 5.91 Å². The van der Waals surface area contributed by atoms with Crippen molar-refractivity contribution in [1.29, 1.82) is 0 Å². The second kappa shape index (κ2) is 7.72. The molecule has 0 saturated carbocycles. The van der Waals surface area contributed by atoms with E-state index in [2.05, 4.69) is 10.4 Å². The molecule has 0 aliphatic heterocycles. The van der Waals surface area contributed by atoms with E-state index in [0.29, 0.717) is 30.1 Å². The van der Waals surface area contributed by atoms with Gasteiger partial charge >= 0.3 is 0 Å². The van der Waals surface area contributed by atoms with Gasteiger partial charge in [0.05, 0.1) is 18.0 Å². The van der Waals surface area contributed by atoms with Gasteiger partial charge in [0.25, 0.3) is 5.91 Å². The number of halogens is 1. The number of rotatable bonds is 6. The fourth-order valence-electron chi connectivity index (χ4n) is 2.47. The fraction of sp³-hybridized carbons (Fsp3) is 0.158. The van der Waals surface area contributed by atoms with Crippen LogP contribution in [0.15, 0.2) is 60.7 Å². The van der Waals surface area contributed by atoms with Crippen LogP contribution in [0.1, 0.15) is 10.5 Å². The van der Waals surface area contributed by atoms with Gasteiger partial charge in [0.2, 0.25) is 0 Å². The number of hydrogen-bond donors (Lipinski definition) is 1. The van der Waals surface area contributed by atoms with E-state index in [0.717, 1.165) is 5.69 Å². The molecule has 0 atom stereocenters. The minimum Gasteiger partial charge on any atom is -0.383 e. The number of para-hydroxylation sites is 1. The maximum Gasteiger partial charge on any atom is 0.270 e. The monoisotopic (exact) mass is 339 g/mol. The molecule has 0 unspecified atom stereocenters. The molecule has 128 valence electrons. The summed E-state index contributed by atoms with van der Waals surface area (Å²) < 4.78 is 20.6. The van der Waals surface area contributed by atoms with Crippen molar-refractivity contribution in [1.82, 2.24) is 15.1 Å². The Balaban J connectivity index is 2.03. The number of aromatic nitrogens is 2. The van der Waals surface area contributed by atoms with Crippen molar-refractivity contribution in [3.8, 4) is 16.9 Å². The van der Waals surface area contributed by atoms with Gasteiger partial charge in [-0.25, -0.2) is 9.07 Å². The Morgan fingerprint density at radius 1 is 1.16 bits per heavy atom. The van der Waals surface area contributed by atoms with Gasteiger partial charge in [-0.2, -0.15) is 5.10 Å². The highest BCUT2D eigenvalue weighted by Crippen LogP contribution is 2.24. The maximum atomic E-state index is 14.1. The van der Waals surface area contributed by atoms with Gasteiger partial charge in [-0.05, 0) is 30.3 Å². The molecule has 25 heavy (non-hydrogen) atoms. The Bertz CT molecular complexity index is 862. The van der Waals surface area contributed by atoms with Crippen LogP contribution in [0.2, 0.25) is 0 Å². The molecule has 3 aromatic rings. The molecule has 0 fully saturated rings. The standard InChI is InChI=1S/C19H18FN3O2/c1-25-12-11-21-19(24)18-13-17(15-9-5-6-10-16(15)20)22-23(18)14-7-3-2-4-8-14/h2-10,13H,11-12H2,1H3,(H,21,24). The van der Waals surface area contributed by atoms with Crippen LogP contribution in [0.3, 0.4) is 0 Å². The van der Waals surface area contributed by atoms with Crippen molar-refractivity contribution in [3.05, 3.63) is 72.2 Å². The number of hydrogen-bond acceptors (Lipinski definition) is 3. The van der Waals surface area contributed by atoms with Gasteiger partial charge in [-0.3, -0.25) is 4.79 Å². The van der Waals surface area contributed by atoms with Gasteiger partial charge < -0.3 is 10.1 Å². The molecule has 1 amide bonds. The van der Waals surface area contributed by atoms with Crippen LogP contribution in [-0.4, -0.2) is 35.9 Å². The molecule has 0 spiro atoms. The van der Waals surface area contributed by atoms with Crippen LogP contribution >= 0.6 is 0 Å². The third-order valence-corrected chi connectivity index (χ3v) is 3.68. The lowest BCUT2D eigenvalue weighted by Crippen LogP contribution is -2.28. The molecule has 5 nitrogen and oxygen atoms in total. The van der Waals surface area contributed by atoms with E-state index in [1.807, 2.05) is 30.3 Å². The molecule has 0 saturated heterocycles. The summed E-state index contributed by atoms with van der Waals surface area (Å²) in [5.41, 5.74) is 1.81. The zero-order valence-corrected chi connectivity index (χ0v) is 13.8. The average molecular weight is 339 g/mol. The second-order valence-electron chi connectivity index (χ2n) is 5.39. The molecule has 6 heteroatoms. The highest BCUT2D eigenvalue weighted by Gasteiger charge is 2.18. The lowest BCUT2D eigenvalue weighted by molar-refractivity contribution is 0.0929. The van der Waals surface area contributed by atoms with Gasteiger partial charge in [0, 0.05) is 19.2 Å². The van der Waals surface area contributed by atoms with Gasteiger partial charge in [-0.15, -0.1) is 0 Å². The molecular formula is C19H18FN3O2. The predicted octanol–water partition coefficient (Wildman–Crippen LogP) is 3.05. The smallest absolute Gasteiger partial charge is 0.270 e. The number of methoxy groups -OCH3 is 1. The first kappa shape index (κ1) is 16.9. The number of carbonyl (C=O) groups is 1. The quantitative estimate of drug-likeness (QED) is 0.702. The van der Waals surface area contributed by atoms with Crippen molar-refractivity contribution in [2.24, 2.45) is 0 Å².